The standard InChI is InChI=1S/C21H28N2O3/c1-3-23(4-2)15-17-26-20-13-9-8-12-19(20)22-21(24)14-16-25-18-10-6-5-7-11-18/h5-13H,3-4,14-17H2,1-2H3,(H,22,24). The predicted molar refractivity (Wildman–Crippen MR) is 105 cm³/mol. The number of amides is 1. The van der Waals surface area contributed by atoms with E-state index in [0.717, 1.165) is 25.4 Å². The van der Waals surface area contributed by atoms with Crippen LogP contribution in [0.5, 0.6) is 11.5 Å². The van der Waals surface area contributed by atoms with E-state index in [9.17, 15) is 4.79 Å². The molecule has 2 aromatic carbocycles. The molecular formula is C21H28N2O3. The van der Waals surface area contributed by atoms with Gasteiger partial charge in [0.15, 0.2) is 0 Å². The maximum Gasteiger partial charge on any atom is 0.227 e. The first-order valence-corrected chi connectivity index (χ1v) is 9.14. The van der Waals surface area contributed by atoms with Crippen LogP contribution in [0.1, 0.15) is 20.3 Å². The van der Waals surface area contributed by atoms with Crippen LogP contribution in [0.15, 0.2) is 54.6 Å². The summed E-state index contributed by atoms with van der Waals surface area (Å²) in [6.45, 7) is 8.05. The van der Waals surface area contributed by atoms with E-state index in [1.54, 1.807) is 0 Å². The van der Waals surface area contributed by atoms with E-state index in [1.165, 1.54) is 0 Å². The molecular weight excluding hydrogens is 328 g/mol. The molecule has 5 heteroatoms. The third-order valence-electron chi connectivity index (χ3n) is 4.06. The molecule has 0 saturated carbocycles. The Morgan fingerprint density at radius 3 is 2.35 bits per heavy atom. The number of ether oxygens (including phenoxy) is 2. The number of nitrogens with zero attached hydrogens (tertiary/aromatic N) is 1. The third-order valence-corrected chi connectivity index (χ3v) is 4.06. The van der Waals surface area contributed by atoms with Crippen molar-refractivity contribution in [1.29, 1.82) is 0 Å². The maximum absolute atomic E-state index is 12.2. The lowest BCUT2D eigenvalue weighted by atomic mass is 10.3. The molecule has 0 spiro atoms. The van der Waals surface area contributed by atoms with E-state index in [2.05, 4.69) is 24.1 Å². The van der Waals surface area contributed by atoms with Crippen molar-refractivity contribution in [3.63, 3.8) is 0 Å². The van der Waals surface area contributed by atoms with E-state index in [0.29, 0.717) is 24.7 Å². The van der Waals surface area contributed by atoms with Crippen LogP contribution in [0.2, 0.25) is 0 Å². The van der Waals surface area contributed by atoms with Gasteiger partial charge in [-0.15, -0.1) is 0 Å². The monoisotopic (exact) mass is 356 g/mol. The fourth-order valence-electron chi connectivity index (χ4n) is 2.51. The molecule has 0 aliphatic rings. The molecule has 1 amide bonds. The zero-order valence-corrected chi connectivity index (χ0v) is 15.6. The molecule has 140 valence electrons. The summed E-state index contributed by atoms with van der Waals surface area (Å²) in [4.78, 5) is 14.5. The van der Waals surface area contributed by atoms with Gasteiger partial charge >= 0.3 is 0 Å². The number of hydrogen-bond donors (Lipinski definition) is 1. The molecule has 0 radical (unpaired) electrons. The number of hydrogen-bond acceptors (Lipinski definition) is 4. The van der Waals surface area contributed by atoms with Crippen molar-refractivity contribution in [2.45, 2.75) is 20.3 Å². The summed E-state index contributed by atoms with van der Waals surface area (Å²) in [5.41, 5.74) is 0.691. The van der Waals surface area contributed by atoms with E-state index >= 15 is 0 Å². The second-order valence-corrected chi connectivity index (χ2v) is 5.83. The first kappa shape index (κ1) is 19.8. The normalized spacial score (nSPS) is 10.6. The molecule has 0 heterocycles. The number of nitrogens with one attached hydrogen (secondary N) is 1. The number of rotatable bonds is 11. The Labute approximate surface area is 155 Å². The van der Waals surface area contributed by atoms with Crippen molar-refractivity contribution < 1.29 is 14.3 Å². The predicted octanol–water partition coefficient (Wildman–Crippen LogP) is 3.81. The molecule has 2 aromatic rings. The topological polar surface area (TPSA) is 50.8 Å². The molecule has 0 fully saturated rings. The average Bonchev–Trinajstić information content (AvgIpc) is 2.67. The Balaban J connectivity index is 1.79. The lowest BCUT2D eigenvalue weighted by Crippen LogP contribution is -2.28. The van der Waals surface area contributed by atoms with Gasteiger partial charge in [-0.2, -0.15) is 0 Å². The molecule has 1 N–H and O–H groups in total. The number of anilines is 1. The fraction of sp³-hybridized carbons (Fsp3) is 0.381. The van der Waals surface area contributed by atoms with Gasteiger partial charge in [-0.1, -0.05) is 44.2 Å². The van der Waals surface area contributed by atoms with Gasteiger partial charge in [0.25, 0.3) is 0 Å². The zero-order valence-electron chi connectivity index (χ0n) is 15.6. The first-order chi connectivity index (χ1) is 12.7. The van der Waals surface area contributed by atoms with Crippen molar-refractivity contribution in [2.24, 2.45) is 0 Å². The summed E-state index contributed by atoms with van der Waals surface area (Å²) in [6.07, 6.45) is 0.280. The number of para-hydroxylation sites is 3. The van der Waals surface area contributed by atoms with Crippen LogP contribution in [-0.4, -0.2) is 43.7 Å². The van der Waals surface area contributed by atoms with Crippen molar-refractivity contribution in [2.75, 3.05) is 38.2 Å². The molecule has 0 aromatic heterocycles. The molecule has 0 bridgehead atoms. The highest BCUT2D eigenvalue weighted by atomic mass is 16.5. The Morgan fingerprint density at radius 2 is 1.62 bits per heavy atom. The zero-order chi connectivity index (χ0) is 18.6. The second kappa shape index (κ2) is 11.2. The van der Waals surface area contributed by atoms with Gasteiger partial charge in [-0.25, -0.2) is 0 Å². The number of likely N-dealkylation sites (N-methyl/N-ethyl adjacent to an activating group) is 1. The summed E-state index contributed by atoms with van der Waals surface area (Å²) < 4.78 is 11.4. The number of benzene rings is 2. The highest BCUT2D eigenvalue weighted by molar-refractivity contribution is 5.92. The van der Waals surface area contributed by atoms with Gasteiger partial charge in [0.05, 0.1) is 18.7 Å². The quantitative estimate of drug-likeness (QED) is 0.665. The van der Waals surface area contributed by atoms with Crippen LogP contribution < -0.4 is 14.8 Å². The Hall–Kier alpha value is -2.53. The van der Waals surface area contributed by atoms with Crippen LogP contribution in [0, 0.1) is 0 Å². The van der Waals surface area contributed by atoms with Crippen LogP contribution in [0.4, 0.5) is 5.69 Å². The number of carbonyl (C=O) groups excluding carboxylic acids is 1. The first-order valence-electron chi connectivity index (χ1n) is 9.14. The number of carbonyl (C=O) groups is 1. The molecule has 0 saturated heterocycles. The van der Waals surface area contributed by atoms with Crippen molar-refractivity contribution >= 4 is 11.6 Å². The molecule has 0 unspecified atom stereocenters. The second-order valence-electron chi connectivity index (χ2n) is 5.83. The van der Waals surface area contributed by atoms with Crippen LogP contribution in [0.25, 0.3) is 0 Å². The molecule has 5 nitrogen and oxygen atoms in total. The summed E-state index contributed by atoms with van der Waals surface area (Å²) in [5.74, 6) is 1.36. The van der Waals surface area contributed by atoms with Crippen molar-refractivity contribution in [3.05, 3.63) is 54.6 Å². The molecule has 0 atom stereocenters. The highest BCUT2D eigenvalue weighted by Crippen LogP contribution is 2.23. The van der Waals surface area contributed by atoms with Crippen molar-refractivity contribution in [3.8, 4) is 11.5 Å². The molecule has 26 heavy (non-hydrogen) atoms. The van der Waals surface area contributed by atoms with Gasteiger partial charge in [0, 0.05) is 6.54 Å². The van der Waals surface area contributed by atoms with Gasteiger partial charge < -0.3 is 19.7 Å². The Morgan fingerprint density at radius 1 is 0.923 bits per heavy atom. The minimum Gasteiger partial charge on any atom is -0.493 e. The van der Waals surface area contributed by atoms with Crippen molar-refractivity contribution in [1.82, 2.24) is 4.90 Å². The van der Waals surface area contributed by atoms with E-state index in [-0.39, 0.29) is 12.3 Å². The van der Waals surface area contributed by atoms with E-state index in [4.69, 9.17) is 9.47 Å². The average molecular weight is 356 g/mol. The summed E-state index contributed by atoms with van der Waals surface area (Å²) in [7, 11) is 0. The summed E-state index contributed by atoms with van der Waals surface area (Å²) >= 11 is 0. The van der Waals surface area contributed by atoms with Gasteiger partial charge in [0.1, 0.15) is 18.1 Å². The Kier molecular flexibility index (Phi) is 8.49. The largest absolute Gasteiger partial charge is 0.493 e. The minimum atomic E-state index is -0.0966. The van der Waals surface area contributed by atoms with Gasteiger partial charge in [-0.05, 0) is 37.4 Å². The maximum atomic E-state index is 12.2. The summed E-state index contributed by atoms with van der Waals surface area (Å²) in [5, 5.41) is 2.91. The summed E-state index contributed by atoms with van der Waals surface area (Å²) in [6, 6.07) is 17.0. The smallest absolute Gasteiger partial charge is 0.227 e. The molecule has 2 rings (SSSR count). The van der Waals surface area contributed by atoms with Crippen LogP contribution in [0.3, 0.4) is 0 Å². The van der Waals surface area contributed by atoms with Crippen LogP contribution >= 0.6 is 0 Å². The third kappa shape index (κ3) is 6.76. The lowest BCUT2D eigenvalue weighted by molar-refractivity contribution is -0.116. The fourth-order valence-corrected chi connectivity index (χ4v) is 2.51. The Bertz CT molecular complexity index is 657. The molecule has 0 aliphatic carbocycles. The van der Waals surface area contributed by atoms with E-state index in [1.807, 2.05) is 54.6 Å². The van der Waals surface area contributed by atoms with Crippen LogP contribution in [-0.2, 0) is 4.79 Å². The highest BCUT2D eigenvalue weighted by Gasteiger charge is 2.08. The lowest BCUT2D eigenvalue weighted by Gasteiger charge is -2.19. The molecule has 0 aliphatic heterocycles. The SMILES string of the molecule is CCN(CC)CCOc1ccccc1NC(=O)CCOc1ccccc1. The van der Waals surface area contributed by atoms with E-state index < -0.39 is 0 Å². The minimum absolute atomic E-state index is 0.0966. The van der Waals surface area contributed by atoms with Gasteiger partial charge in [-0.3, -0.25) is 4.79 Å². The van der Waals surface area contributed by atoms with Gasteiger partial charge in [0.2, 0.25) is 5.91 Å².